The molecule has 2 rings (SSSR count). The van der Waals surface area contributed by atoms with Crippen LogP contribution in [0.5, 0.6) is 0 Å². The Bertz CT molecular complexity index is 471. The quantitative estimate of drug-likeness (QED) is 0.759. The first-order valence-electron chi connectivity index (χ1n) is 7.98. The van der Waals surface area contributed by atoms with Gasteiger partial charge < -0.3 is 20.1 Å². The molecule has 0 spiro atoms. The molecule has 0 radical (unpaired) electrons. The molecule has 5 heteroatoms. The summed E-state index contributed by atoms with van der Waals surface area (Å²) in [5.74, 6) is 0.432. The second kappa shape index (κ2) is 8.76. The molecule has 1 saturated heterocycles. The van der Waals surface area contributed by atoms with E-state index in [2.05, 4.69) is 10.2 Å². The number of rotatable bonds is 7. The number of methoxy groups -OCH3 is 1. The minimum Gasteiger partial charge on any atom is -0.396 e. The summed E-state index contributed by atoms with van der Waals surface area (Å²) in [5, 5.41) is 12.2. The van der Waals surface area contributed by atoms with E-state index in [0.717, 1.165) is 43.7 Å². The van der Waals surface area contributed by atoms with Crippen LogP contribution in [0.3, 0.4) is 0 Å². The largest absolute Gasteiger partial charge is 0.396 e. The van der Waals surface area contributed by atoms with Gasteiger partial charge in [0.2, 0.25) is 5.91 Å². The Morgan fingerprint density at radius 1 is 1.36 bits per heavy atom. The van der Waals surface area contributed by atoms with Crippen molar-refractivity contribution in [1.82, 2.24) is 0 Å². The molecule has 0 aromatic heterocycles. The lowest BCUT2D eigenvalue weighted by Crippen LogP contribution is -2.35. The Hall–Kier alpha value is -1.59. The zero-order valence-electron chi connectivity index (χ0n) is 13.3. The Balaban J connectivity index is 1.96. The van der Waals surface area contributed by atoms with Crippen molar-refractivity contribution in [2.24, 2.45) is 5.92 Å². The van der Waals surface area contributed by atoms with Gasteiger partial charge in [-0.25, -0.2) is 0 Å². The molecule has 22 heavy (non-hydrogen) atoms. The first-order valence-corrected chi connectivity index (χ1v) is 7.98. The smallest absolute Gasteiger partial charge is 0.224 e. The second-order valence-electron chi connectivity index (χ2n) is 5.77. The summed E-state index contributed by atoms with van der Waals surface area (Å²) in [5.41, 5.74) is 1.94. The van der Waals surface area contributed by atoms with Gasteiger partial charge in [-0.1, -0.05) is 12.1 Å². The first kappa shape index (κ1) is 16.8. The number of carbonyl (C=O) groups is 1. The number of anilines is 2. The summed E-state index contributed by atoms with van der Waals surface area (Å²) in [6.07, 6.45) is 3.18. The van der Waals surface area contributed by atoms with Crippen molar-refractivity contribution in [2.45, 2.75) is 25.7 Å². The Morgan fingerprint density at radius 3 is 2.77 bits per heavy atom. The minimum atomic E-state index is 0.0229. The van der Waals surface area contributed by atoms with E-state index in [1.807, 2.05) is 24.3 Å². The summed E-state index contributed by atoms with van der Waals surface area (Å²) in [4.78, 5) is 14.3. The molecule has 5 nitrogen and oxygen atoms in total. The number of para-hydroxylation sites is 2. The molecule has 1 fully saturated rings. The standard InChI is InChI=1S/C17H26N2O3/c1-22-12-4-7-17(21)18-15-5-2-3-6-16(15)19-10-8-14(13-20)9-11-19/h2-3,5-6,14,20H,4,7-13H2,1H3,(H,18,21). The molecule has 0 atom stereocenters. The van der Waals surface area contributed by atoms with E-state index in [1.54, 1.807) is 7.11 Å². The highest BCUT2D eigenvalue weighted by molar-refractivity contribution is 5.94. The molecule has 1 amide bonds. The van der Waals surface area contributed by atoms with Gasteiger partial charge in [0.25, 0.3) is 0 Å². The van der Waals surface area contributed by atoms with Crippen LogP contribution >= 0.6 is 0 Å². The number of hydrogen-bond donors (Lipinski definition) is 2. The second-order valence-corrected chi connectivity index (χ2v) is 5.77. The SMILES string of the molecule is COCCCC(=O)Nc1ccccc1N1CCC(CO)CC1. The van der Waals surface area contributed by atoms with E-state index < -0.39 is 0 Å². The van der Waals surface area contributed by atoms with Crippen molar-refractivity contribution in [2.75, 3.05) is 43.6 Å². The van der Waals surface area contributed by atoms with Crippen LogP contribution in [0.1, 0.15) is 25.7 Å². The number of hydrogen-bond acceptors (Lipinski definition) is 4. The molecular formula is C17H26N2O3. The monoisotopic (exact) mass is 306 g/mol. The molecule has 2 N–H and O–H groups in total. The van der Waals surface area contributed by atoms with Crippen LogP contribution in [-0.4, -0.2) is 44.4 Å². The third-order valence-corrected chi connectivity index (χ3v) is 4.14. The lowest BCUT2D eigenvalue weighted by atomic mass is 9.97. The van der Waals surface area contributed by atoms with E-state index >= 15 is 0 Å². The topological polar surface area (TPSA) is 61.8 Å². The number of benzene rings is 1. The maximum absolute atomic E-state index is 12.0. The predicted molar refractivity (Wildman–Crippen MR) is 88.2 cm³/mol. The molecule has 1 aliphatic heterocycles. The van der Waals surface area contributed by atoms with Crippen LogP contribution in [0, 0.1) is 5.92 Å². The highest BCUT2D eigenvalue weighted by Crippen LogP contribution is 2.29. The average molecular weight is 306 g/mol. The summed E-state index contributed by atoms with van der Waals surface area (Å²) in [6.45, 7) is 2.71. The third kappa shape index (κ3) is 4.71. The molecule has 0 aliphatic carbocycles. The normalized spacial score (nSPS) is 15.8. The van der Waals surface area contributed by atoms with Gasteiger partial charge in [-0.15, -0.1) is 0 Å². The maximum atomic E-state index is 12.0. The molecule has 0 saturated carbocycles. The summed E-state index contributed by atoms with van der Waals surface area (Å²) in [6, 6.07) is 7.93. The Morgan fingerprint density at radius 2 is 2.09 bits per heavy atom. The molecule has 1 aromatic rings. The predicted octanol–water partition coefficient (Wildman–Crippen LogP) is 2.26. The zero-order valence-corrected chi connectivity index (χ0v) is 13.3. The van der Waals surface area contributed by atoms with Gasteiger partial charge in [0.1, 0.15) is 0 Å². The third-order valence-electron chi connectivity index (χ3n) is 4.14. The van der Waals surface area contributed by atoms with Gasteiger partial charge in [-0.2, -0.15) is 0 Å². The lowest BCUT2D eigenvalue weighted by molar-refractivity contribution is -0.116. The van der Waals surface area contributed by atoms with Gasteiger partial charge in [-0.3, -0.25) is 4.79 Å². The lowest BCUT2D eigenvalue weighted by Gasteiger charge is -2.34. The van der Waals surface area contributed by atoms with Crippen molar-refractivity contribution < 1.29 is 14.6 Å². The van der Waals surface area contributed by atoms with Crippen molar-refractivity contribution in [3.05, 3.63) is 24.3 Å². The average Bonchev–Trinajstić information content (AvgIpc) is 2.56. The minimum absolute atomic E-state index is 0.0229. The maximum Gasteiger partial charge on any atom is 0.224 e. The molecule has 1 aliphatic rings. The van der Waals surface area contributed by atoms with Crippen LogP contribution in [0.25, 0.3) is 0 Å². The highest BCUT2D eigenvalue weighted by Gasteiger charge is 2.20. The Labute approximate surface area is 132 Å². The number of nitrogens with zero attached hydrogens (tertiary/aromatic N) is 1. The Kier molecular flexibility index (Phi) is 6.68. The van der Waals surface area contributed by atoms with E-state index in [4.69, 9.17) is 4.74 Å². The van der Waals surface area contributed by atoms with Crippen molar-refractivity contribution >= 4 is 17.3 Å². The van der Waals surface area contributed by atoms with Crippen molar-refractivity contribution in [3.63, 3.8) is 0 Å². The number of piperidine rings is 1. The van der Waals surface area contributed by atoms with E-state index in [1.165, 1.54) is 0 Å². The summed E-state index contributed by atoms with van der Waals surface area (Å²) < 4.78 is 4.97. The number of amides is 1. The molecule has 0 bridgehead atoms. The fourth-order valence-electron chi connectivity index (χ4n) is 2.80. The molecule has 1 aromatic carbocycles. The van der Waals surface area contributed by atoms with Crippen LogP contribution in [-0.2, 0) is 9.53 Å². The first-order chi connectivity index (χ1) is 10.7. The van der Waals surface area contributed by atoms with E-state index in [-0.39, 0.29) is 12.5 Å². The fourth-order valence-corrected chi connectivity index (χ4v) is 2.80. The summed E-state index contributed by atoms with van der Waals surface area (Å²) >= 11 is 0. The van der Waals surface area contributed by atoms with Crippen LogP contribution < -0.4 is 10.2 Å². The van der Waals surface area contributed by atoms with Crippen molar-refractivity contribution in [1.29, 1.82) is 0 Å². The zero-order chi connectivity index (χ0) is 15.8. The van der Waals surface area contributed by atoms with Gasteiger partial charge >= 0.3 is 0 Å². The molecule has 0 unspecified atom stereocenters. The van der Waals surface area contributed by atoms with Crippen LogP contribution in [0.4, 0.5) is 11.4 Å². The molecule has 122 valence electrons. The fraction of sp³-hybridized carbons (Fsp3) is 0.588. The van der Waals surface area contributed by atoms with Gasteiger partial charge in [0.15, 0.2) is 0 Å². The van der Waals surface area contributed by atoms with E-state index in [0.29, 0.717) is 18.9 Å². The van der Waals surface area contributed by atoms with Gasteiger partial charge in [0, 0.05) is 39.8 Å². The summed E-state index contributed by atoms with van der Waals surface area (Å²) in [7, 11) is 1.64. The van der Waals surface area contributed by atoms with Gasteiger partial charge in [-0.05, 0) is 37.3 Å². The number of ether oxygens (including phenoxy) is 1. The molecular weight excluding hydrogens is 280 g/mol. The van der Waals surface area contributed by atoms with Gasteiger partial charge in [0.05, 0.1) is 11.4 Å². The van der Waals surface area contributed by atoms with E-state index in [9.17, 15) is 9.90 Å². The highest BCUT2D eigenvalue weighted by atomic mass is 16.5. The number of aliphatic hydroxyl groups excluding tert-OH is 1. The number of carbonyl (C=O) groups excluding carboxylic acids is 1. The number of nitrogens with one attached hydrogen (secondary N) is 1. The van der Waals surface area contributed by atoms with Crippen molar-refractivity contribution in [3.8, 4) is 0 Å². The number of aliphatic hydroxyl groups is 1. The van der Waals surface area contributed by atoms with Crippen LogP contribution in [0.2, 0.25) is 0 Å². The molecule has 1 heterocycles. The van der Waals surface area contributed by atoms with Crippen LogP contribution in [0.15, 0.2) is 24.3 Å².